The van der Waals surface area contributed by atoms with Crippen LogP contribution in [0.2, 0.25) is 0 Å². The molecule has 0 aliphatic carbocycles. The number of anilines is 1. The van der Waals surface area contributed by atoms with Crippen LogP contribution in [-0.2, 0) is 20.1 Å². The number of hydrogen-bond donors (Lipinski definition) is 2. The number of amides is 2. The van der Waals surface area contributed by atoms with E-state index in [1.807, 2.05) is 0 Å². The standard InChI is InChI=1S/C21H19N7O5/c1-26-19(21(30)22-10-17-3-2-8-33-17)18(11-23-26)25-20(29)15-6-4-14(5-7-15)12-27-13-16(9-24-27)28(31)32/h2-9,11,13H,10,12H2,1H3,(H,22,30)(H,25,29). The van der Waals surface area contributed by atoms with Crippen molar-refractivity contribution in [3.63, 3.8) is 0 Å². The third-order valence-electron chi connectivity index (χ3n) is 4.80. The summed E-state index contributed by atoms with van der Waals surface area (Å²) in [6.07, 6.45) is 5.43. The maximum Gasteiger partial charge on any atom is 0.307 e. The number of aryl methyl sites for hydroxylation is 1. The van der Waals surface area contributed by atoms with E-state index in [2.05, 4.69) is 20.8 Å². The van der Waals surface area contributed by atoms with Gasteiger partial charge in [0.05, 0.1) is 36.2 Å². The number of aromatic nitrogens is 4. The Labute approximate surface area is 187 Å². The predicted octanol–water partition coefficient (Wildman–Crippen LogP) is 2.35. The first-order valence-corrected chi connectivity index (χ1v) is 9.80. The lowest BCUT2D eigenvalue weighted by Crippen LogP contribution is -2.26. The molecule has 4 aromatic rings. The third kappa shape index (κ3) is 4.95. The fourth-order valence-corrected chi connectivity index (χ4v) is 3.14. The average Bonchev–Trinajstić information content (AvgIpc) is 3.55. The number of furan rings is 1. The Morgan fingerprint density at radius 1 is 1.12 bits per heavy atom. The van der Waals surface area contributed by atoms with Gasteiger partial charge in [-0.2, -0.15) is 10.2 Å². The summed E-state index contributed by atoms with van der Waals surface area (Å²) in [4.78, 5) is 35.6. The highest BCUT2D eigenvalue weighted by molar-refractivity contribution is 6.08. The highest BCUT2D eigenvalue weighted by Crippen LogP contribution is 2.17. The van der Waals surface area contributed by atoms with Gasteiger partial charge < -0.3 is 15.1 Å². The Bertz CT molecular complexity index is 1290. The number of nitrogens with one attached hydrogen (secondary N) is 2. The van der Waals surface area contributed by atoms with Gasteiger partial charge in [-0.25, -0.2) is 0 Å². The van der Waals surface area contributed by atoms with Crippen molar-refractivity contribution >= 4 is 23.2 Å². The summed E-state index contributed by atoms with van der Waals surface area (Å²) in [7, 11) is 1.60. The number of carbonyl (C=O) groups is 2. The minimum atomic E-state index is -0.513. The minimum Gasteiger partial charge on any atom is -0.467 e. The maximum absolute atomic E-state index is 12.7. The van der Waals surface area contributed by atoms with E-state index in [-0.39, 0.29) is 23.6 Å². The molecule has 0 saturated heterocycles. The van der Waals surface area contributed by atoms with Crippen LogP contribution in [0.5, 0.6) is 0 Å². The monoisotopic (exact) mass is 449 g/mol. The number of nitro groups is 1. The summed E-state index contributed by atoms with van der Waals surface area (Å²) in [5.74, 6) is -0.226. The van der Waals surface area contributed by atoms with Crippen LogP contribution in [0, 0.1) is 10.1 Å². The lowest BCUT2D eigenvalue weighted by molar-refractivity contribution is -0.385. The molecule has 0 radical (unpaired) electrons. The van der Waals surface area contributed by atoms with Crippen LogP contribution in [0.3, 0.4) is 0 Å². The van der Waals surface area contributed by atoms with E-state index in [9.17, 15) is 19.7 Å². The molecule has 0 aliphatic heterocycles. The van der Waals surface area contributed by atoms with Gasteiger partial charge in [0, 0.05) is 12.6 Å². The zero-order valence-electron chi connectivity index (χ0n) is 17.5. The van der Waals surface area contributed by atoms with Crippen molar-refractivity contribution in [1.29, 1.82) is 0 Å². The van der Waals surface area contributed by atoms with E-state index < -0.39 is 16.7 Å². The molecule has 1 aromatic carbocycles. The lowest BCUT2D eigenvalue weighted by atomic mass is 10.1. The fourth-order valence-electron chi connectivity index (χ4n) is 3.14. The molecule has 0 aliphatic rings. The first-order chi connectivity index (χ1) is 15.9. The maximum atomic E-state index is 12.7. The van der Waals surface area contributed by atoms with Gasteiger partial charge in [0.25, 0.3) is 11.8 Å². The predicted molar refractivity (Wildman–Crippen MR) is 115 cm³/mol. The van der Waals surface area contributed by atoms with E-state index in [1.54, 1.807) is 43.4 Å². The molecule has 2 amide bonds. The second kappa shape index (κ2) is 9.18. The Hall–Kier alpha value is -4.74. The van der Waals surface area contributed by atoms with Gasteiger partial charge in [-0.05, 0) is 29.8 Å². The van der Waals surface area contributed by atoms with Gasteiger partial charge >= 0.3 is 5.69 Å². The summed E-state index contributed by atoms with van der Waals surface area (Å²) in [5.41, 5.74) is 1.56. The minimum absolute atomic E-state index is 0.0912. The van der Waals surface area contributed by atoms with Gasteiger partial charge in [-0.3, -0.25) is 29.1 Å². The van der Waals surface area contributed by atoms with Crippen LogP contribution in [-0.4, -0.2) is 36.3 Å². The van der Waals surface area contributed by atoms with Gasteiger partial charge in [-0.15, -0.1) is 0 Å². The average molecular weight is 449 g/mol. The van der Waals surface area contributed by atoms with Crippen LogP contribution in [0.4, 0.5) is 11.4 Å². The third-order valence-corrected chi connectivity index (χ3v) is 4.80. The fraction of sp³-hybridized carbons (Fsp3) is 0.143. The van der Waals surface area contributed by atoms with Crippen LogP contribution >= 0.6 is 0 Å². The molecule has 0 saturated carbocycles. The van der Waals surface area contributed by atoms with Crippen molar-refractivity contribution < 1.29 is 18.9 Å². The first-order valence-electron chi connectivity index (χ1n) is 9.80. The Morgan fingerprint density at radius 2 is 1.91 bits per heavy atom. The van der Waals surface area contributed by atoms with Gasteiger partial charge in [0.2, 0.25) is 0 Å². The molecule has 2 N–H and O–H groups in total. The zero-order chi connectivity index (χ0) is 23.4. The molecule has 3 heterocycles. The second-order valence-electron chi connectivity index (χ2n) is 7.10. The largest absolute Gasteiger partial charge is 0.467 e. The number of carbonyl (C=O) groups excluding carboxylic acids is 2. The molecule has 4 rings (SSSR count). The molecule has 3 aromatic heterocycles. The lowest BCUT2D eigenvalue weighted by Gasteiger charge is -2.09. The van der Waals surface area contributed by atoms with Crippen molar-refractivity contribution in [2.24, 2.45) is 7.05 Å². The molecule has 33 heavy (non-hydrogen) atoms. The van der Waals surface area contributed by atoms with E-state index in [4.69, 9.17) is 4.42 Å². The van der Waals surface area contributed by atoms with Crippen LogP contribution in [0.1, 0.15) is 32.2 Å². The SMILES string of the molecule is Cn1ncc(NC(=O)c2ccc(Cn3cc([N+](=O)[O-])cn3)cc2)c1C(=O)NCc1ccco1. The molecule has 0 atom stereocenters. The number of rotatable bonds is 8. The van der Waals surface area contributed by atoms with E-state index >= 15 is 0 Å². The molecule has 0 bridgehead atoms. The highest BCUT2D eigenvalue weighted by atomic mass is 16.6. The Balaban J connectivity index is 1.40. The number of nitrogens with zero attached hydrogens (tertiary/aromatic N) is 5. The summed E-state index contributed by atoms with van der Waals surface area (Å²) >= 11 is 0. The second-order valence-corrected chi connectivity index (χ2v) is 7.10. The van der Waals surface area contributed by atoms with Crippen molar-refractivity contribution in [3.8, 4) is 0 Å². The topological polar surface area (TPSA) is 150 Å². The molecular formula is C21H19N7O5. The van der Waals surface area contributed by atoms with Crippen LogP contribution < -0.4 is 10.6 Å². The van der Waals surface area contributed by atoms with Gasteiger partial charge in [0.1, 0.15) is 23.8 Å². The van der Waals surface area contributed by atoms with Crippen molar-refractivity contribution in [3.05, 3.63) is 93.9 Å². The highest BCUT2D eigenvalue weighted by Gasteiger charge is 2.19. The van der Waals surface area contributed by atoms with Gasteiger partial charge in [0.15, 0.2) is 0 Å². The zero-order valence-corrected chi connectivity index (χ0v) is 17.5. The summed E-state index contributed by atoms with van der Waals surface area (Å²) < 4.78 is 8.02. The van der Waals surface area contributed by atoms with Gasteiger partial charge in [-0.1, -0.05) is 12.1 Å². The number of benzene rings is 1. The molecule has 0 unspecified atom stereocenters. The summed E-state index contributed by atoms with van der Waals surface area (Å²) in [6.45, 7) is 0.517. The molecule has 12 heteroatoms. The summed E-state index contributed by atoms with van der Waals surface area (Å²) in [5, 5.41) is 24.2. The quantitative estimate of drug-likeness (QED) is 0.310. The Kier molecular flexibility index (Phi) is 5.98. The van der Waals surface area contributed by atoms with Crippen LogP contribution in [0.15, 0.2) is 65.7 Å². The Morgan fingerprint density at radius 3 is 2.58 bits per heavy atom. The molecule has 0 spiro atoms. The first kappa shape index (κ1) is 21.5. The molecule has 12 nitrogen and oxygen atoms in total. The summed E-state index contributed by atoms with van der Waals surface area (Å²) in [6, 6.07) is 10.2. The van der Waals surface area contributed by atoms with Crippen molar-refractivity contribution in [2.45, 2.75) is 13.1 Å². The van der Waals surface area contributed by atoms with E-state index in [0.29, 0.717) is 17.9 Å². The van der Waals surface area contributed by atoms with Crippen molar-refractivity contribution in [2.75, 3.05) is 5.32 Å². The van der Waals surface area contributed by atoms with Crippen molar-refractivity contribution in [1.82, 2.24) is 24.9 Å². The van der Waals surface area contributed by atoms with E-state index in [1.165, 1.54) is 34.2 Å². The van der Waals surface area contributed by atoms with E-state index in [0.717, 1.165) is 5.56 Å². The van der Waals surface area contributed by atoms with Crippen LogP contribution in [0.25, 0.3) is 0 Å². The molecular weight excluding hydrogens is 430 g/mol. The smallest absolute Gasteiger partial charge is 0.307 e. The normalized spacial score (nSPS) is 10.7. The molecule has 0 fully saturated rings. The number of hydrogen-bond acceptors (Lipinski definition) is 7. The molecule has 168 valence electrons.